The standard InChI is InChI=1S/C23H30N2/c1-15(2)19(23(5,6)7)21-20(18-12-10-16(3)11-13-18)24-22-17(4)9-8-14-25(21)22/h8-15,19H,1-7H3. The second-order valence-corrected chi connectivity index (χ2v) is 8.68. The second-order valence-electron chi connectivity index (χ2n) is 8.68. The third kappa shape index (κ3) is 3.22. The van der Waals surface area contributed by atoms with Gasteiger partial charge in [-0.2, -0.15) is 0 Å². The van der Waals surface area contributed by atoms with E-state index >= 15 is 0 Å². The topological polar surface area (TPSA) is 17.3 Å². The summed E-state index contributed by atoms with van der Waals surface area (Å²) in [4.78, 5) is 5.09. The van der Waals surface area contributed by atoms with Crippen molar-refractivity contribution in [2.24, 2.45) is 11.3 Å². The molecule has 132 valence electrons. The van der Waals surface area contributed by atoms with Crippen LogP contribution >= 0.6 is 0 Å². The lowest BCUT2D eigenvalue weighted by Gasteiger charge is -2.34. The van der Waals surface area contributed by atoms with E-state index in [1.54, 1.807) is 0 Å². The van der Waals surface area contributed by atoms with Crippen LogP contribution in [0.1, 0.15) is 57.4 Å². The van der Waals surface area contributed by atoms with Crippen molar-refractivity contribution >= 4 is 5.65 Å². The van der Waals surface area contributed by atoms with Gasteiger partial charge in [0.25, 0.3) is 0 Å². The molecule has 3 rings (SSSR count). The SMILES string of the molecule is Cc1ccc(-c2nc3c(C)cccn3c2C(C(C)C)C(C)(C)C)cc1. The van der Waals surface area contributed by atoms with Crippen LogP contribution in [0.25, 0.3) is 16.9 Å². The number of rotatable bonds is 3. The fourth-order valence-corrected chi connectivity index (χ4v) is 4.17. The molecule has 0 saturated heterocycles. The van der Waals surface area contributed by atoms with Gasteiger partial charge in [0.2, 0.25) is 0 Å². The number of fused-ring (bicyclic) bond motifs is 1. The monoisotopic (exact) mass is 334 g/mol. The van der Waals surface area contributed by atoms with Crippen molar-refractivity contribution in [1.29, 1.82) is 0 Å². The van der Waals surface area contributed by atoms with Gasteiger partial charge in [-0.05, 0) is 36.8 Å². The van der Waals surface area contributed by atoms with Crippen LogP contribution < -0.4 is 0 Å². The number of aryl methyl sites for hydroxylation is 2. The molecular weight excluding hydrogens is 304 g/mol. The maximum absolute atomic E-state index is 5.09. The lowest BCUT2D eigenvalue weighted by Crippen LogP contribution is -2.25. The maximum Gasteiger partial charge on any atom is 0.140 e. The summed E-state index contributed by atoms with van der Waals surface area (Å²) in [6.45, 7) is 15.9. The number of nitrogens with zero attached hydrogens (tertiary/aromatic N) is 2. The molecule has 1 unspecified atom stereocenters. The highest BCUT2D eigenvalue weighted by atomic mass is 15.0. The van der Waals surface area contributed by atoms with Crippen molar-refractivity contribution in [2.45, 2.75) is 54.4 Å². The van der Waals surface area contributed by atoms with Crippen molar-refractivity contribution in [3.8, 4) is 11.3 Å². The number of hydrogen-bond acceptors (Lipinski definition) is 1. The number of hydrogen-bond donors (Lipinski definition) is 0. The molecule has 0 bridgehead atoms. The van der Waals surface area contributed by atoms with Crippen molar-refractivity contribution in [2.75, 3.05) is 0 Å². The van der Waals surface area contributed by atoms with Gasteiger partial charge in [0.15, 0.2) is 0 Å². The predicted octanol–water partition coefficient (Wildman–Crippen LogP) is 6.40. The van der Waals surface area contributed by atoms with Crippen molar-refractivity contribution in [1.82, 2.24) is 9.38 Å². The van der Waals surface area contributed by atoms with E-state index < -0.39 is 0 Å². The zero-order valence-corrected chi connectivity index (χ0v) is 16.6. The third-order valence-electron chi connectivity index (χ3n) is 5.10. The summed E-state index contributed by atoms with van der Waals surface area (Å²) in [7, 11) is 0. The molecule has 0 aliphatic carbocycles. The van der Waals surface area contributed by atoms with Gasteiger partial charge >= 0.3 is 0 Å². The summed E-state index contributed by atoms with van der Waals surface area (Å²) in [6, 6.07) is 13.0. The molecule has 0 fully saturated rings. The van der Waals surface area contributed by atoms with Crippen molar-refractivity contribution in [3.63, 3.8) is 0 Å². The first-order chi connectivity index (χ1) is 11.7. The molecule has 1 aromatic carbocycles. The second kappa shape index (κ2) is 6.33. The van der Waals surface area contributed by atoms with E-state index in [4.69, 9.17) is 4.98 Å². The number of aromatic nitrogens is 2. The Morgan fingerprint density at radius 2 is 1.60 bits per heavy atom. The van der Waals surface area contributed by atoms with E-state index in [9.17, 15) is 0 Å². The molecule has 0 saturated carbocycles. The normalized spacial score (nSPS) is 13.6. The Bertz CT molecular complexity index is 877. The minimum absolute atomic E-state index is 0.160. The van der Waals surface area contributed by atoms with Gasteiger partial charge in [-0.15, -0.1) is 0 Å². The highest BCUT2D eigenvalue weighted by molar-refractivity contribution is 5.69. The van der Waals surface area contributed by atoms with Crippen molar-refractivity contribution in [3.05, 3.63) is 59.4 Å². The van der Waals surface area contributed by atoms with Crippen LogP contribution in [0.4, 0.5) is 0 Å². The molecule has 2 heteroatoms. The minimum Gasteiger partial charge on any atom is -0.303 e. The van der Waals surface area contributed by atoms with Crippen LogP contribution in [-0.2, 0) is 0 Å². The molecule has 0 aliphatic rings. The van der Waals surface area contributed by atoms with Crippen LogP contribution in [0.2, 0.25) is 0 Å². The molecule has 3 aromatic rings. The van der Waals surface area contributed by atoms with E-state index in [1.807, 2.05) is 0 Å². The van der Waals surface area contributed by atoms with Crippen molar-refractivity contribution < 1.29 is 0 Å². The molecule has 0 spiro atoms. The Kier molecular flexibility index (Phi) is 4.49. The van der Waals surface area contributed by atoms with Crippen LogP contribution in [0, 0.1) is 25.2 Å². The maximum atomic E-state index is 5.09. The molecular formula is C23H30N2. The largest absolute Gasteiger partial charge is 0.303 e. The third-order valence-corrected chi connectivity index (χ3v) is 5.10. The summed E-state index contributed by atoms with van der Waals surface area (Å²) in [6.07, 6.45) is 2.17. The van der Waals surface area contributed by atoms with E-state index in [0.717, 1.165) is 11.3 Å². The van der Waals surface area contributed by atoms with Gasteiger partial charge in [-0.25, -0.2) is 4.98 Å². The molecule has 25 heavy (non-hydrogen) atoms. The van der Waals surface area contributed by atoms with E-state index in [1.165, 1.54) is 22.4 Å². The quantitative estimate of drug-likeness (QED) is 0.541. The van der Waals surface area contributed by atoms with Gasteiger partial charge in [-0.3, -0.25) is 0 Å². The fraction of sp³-hybridized carbons (Fsp3) is 0.435. The molecule has 1 atom stereocenters. The first-order valence-corrected chi connectivity index (χ1v) is 9.24. The van der Waals surface area contributed by atoms with E-state index in [0.29, 0.717) is 11.8 Å². The molecule has 2 nitrogen and oxygen atoms in total. The van der Waals surface area contributed by atoms with Crippen LogP contribution in [0.3, 0.4) is 0 Å². The Balaban J connectivity index is 2.36. The number of benzene rings is 1. The van der Waals surface area contributed by atoms with E-state index in [-0.39, 0.29) is 5.41 Å². The van der Waals surface area contributed by atoms with Gasteiger partial charge in [0.1, 0.15) is 5.65 Å². The lowest BCUT2D eigenvalue weighted by atomic mass is 9.71. The molecule has 2 heterocycles. The Morgan fingerprint density at radius 3 is 2.16 bits per heavy atom. The molecule has 0 N–H and O–H groups in total. The van der Waals surface area contributed by atoms with Crippen LogP contribution in [0.15, 0.2) is 42.6 Å². The Labute approximate surface area is 151 Å². The summed E-state index contributed by atoms with van der Waals surface area (Å²) in [5.74, 6) is 0.949. The minimum atomic E-state index is 0.160. The molecule has 0 aliphatic heterocycles. The van der Waals surface area contributed by atoms with Crippen LogP contribution in [-0.4, -0.2) is 9.38 Å². The highest BCUT2D eigenvalue weighted by Gasteiger charge is 2.34. The molecule has 0 radical (unpaired) electrons. The first-order valence-electron chi connectivity index (χ1n) is 9.24. The van der Waals surface area contributed by atoms with Gasteiger partial charge in [0, 0.05) is 17.7 Å². The molecule has 0 amide bonds. The van der Waals surface area contributed by atoms with Gasteiger partial charge < -0.3 is 4.40 Å². The summed E-state index contributed by atoms with van der Waals surface area (Å²) in [5.41, 5.74) is 7.41. The smallest absolute Gasteiger partial charge is 0.140 e. The zero-order chi connectivity index (χ0) is 18.4. The predicted molar refractivity (Wildman–Crippen MR) is 107 cm³/mol. The number of pyridine rings is 1. The highest BCUT2D eigenvalue weighted by Crippen LogP contribution is 2.44. The summed E-state index contributed by atoms with van der Waals surface area (Å²) < 4.78 is 2.32. The van der Waals surface area contributed by atoms with Gasteiger partial charge in [0.05, 0.1) is 11.4 Å². The van der Waals surface area contributed by atoms with Gasteiger partial charge in [-0.1, -0.05) is 70.5 Å². The average molecular weight is 335 g/mol. The average Bonchev–Trinajstić information content (AvgIpc) is 2.87. The fourth-order valence-electron chi connectivity index (χ4n) is 4.17. The summed E-state index contributed by atoms with van der Waals surface area (Å²) >= 11 is 0. The van der Waals surface area contributed by atoms with E-state index in [2.05, 4.69) is 95.5 Å². The first kappa shape index (κ1) is 17.7. The summed E-state index contributed by atoms with van der Waals surface area (Å²) in [5, 5.41) is 0. The zero-order valence-electron chi connectivity index (χ0n) is 16.6. The molecule has 2 aromatic heterocycles. The number of imidazole rings is 1. The Hall–Kier alpha value is -2.09. The van der Waals surface area contributed by atoms with Crippen LogP contribution in [0.5, 0.6) is 0 Å². The lowest BCUT2D eigenvalue weighted by molar-refractivity contribution is 0.252. The Morgan fingerprint density at radius 1 is 0.960 bits per heavy atom.